The van der Waals surface area contributed by atoms with E-state index in [-0.39, 0.29) is 23.6 Å². The molecule has 2 aliphatic heterocycles. The summed E-state index contributed by atoms with van der Waals surface area (Å²) in [6.07, 6.45) is 3.67. The molecule has 7 rings (SSSR count). The maximum absolute atomic E-state index is 17.0. The van der Waals surface area contributed by atoms with Crippen LogP contribution in [0.25, 0.3) is 16.3 Å². The Morgan fingerprint density at radius 2 is 1.87 bits per heavy atom. The lowest BCUT2D eigenvalue weighted by atomic mass is 9.55. The molecule has 9 atom stereocenters. The van der Waals surface area contributed by atoms with E-state index in [1.54, 1.807) is 12.3 Å². The third-order valence-corrected chi connectivity index (χ3v) is 10.8. The maximum Gasteiger partial charge on any atom is 0.211 e. The molecule has 0 amide bonds. The van der Waals surface area contributed by atoms with Crippen LogP contribution in [0.3, 0.4) is 0 Å². The van der Waals surface area contributed by atoms with Crippen molar-refractivity contribution in [2.24, 2.45) is 11.3 Å². The molecule has 0 radical (unpaired) electrons. The van der Waals surface area contributed by atoms with Crippen LogP contribution in [0.4, 0.5) is 4.39 Å². The molecule has 3 fully saturated rings. The van der Waals surface area contributed by atoms with Gasteiger partial charge in [-0.2, -0.15) is 0 Å². The van der Waals surface area contributed by atoms with E-state index >= 15 is 4.39 Å². The normalized spacial score (nSPS) is 45.4. The topological polar surface area (TPSA) is 106 Å². The number of rotatable bonds is 2. The summed E-state index contributed by atoms with van der Waals surface area (Å²) in [5.41, 5.74) is -2.23. The monoisotopic (exact) mass is 522 g/mol. The fraction of sp³-hybridized carbons (Fsp3) is 0.567. The number of aromatic nitrogens is 1. The predicted molar refractivity (Wildman–Crippen MR) is 140 cm³/mol. The van der Waals surface area contributed by atoms with Crippen molar-refractivity contribution < 1.29 is 29.6 Å². The Hall–Kier alpha value is -2.36. The molecule has 38 heavy (non-hydrogen) atoms. The molecule has 202 valence electrons. The first-order chi connectivity index (χ1) is 18.0. The SMILES string of the molecule is CN(C)[C@H]1C[C@@]23CC[C@@]4(O2)C(=CC[C@]2(C)C(c5ccc6cnc(O)cc6c5)=CCC24)C(O)C3(F)[C@@H](O)[C@@H]1O. The summed E-state index contributed by atoms with van der Waals surface area (Å²) >= 11 is 0. The molecular weight excluding hydrogens is 487 g/mol. The van der Waals surface area contributed by atoms with Crippen molar-refractivity contribution in [1.29, 1.82) is 0 Å². The molecular formula is C30H35FN2O5. The molecule has 2 bridgehead atoms. The summed E-state index contributed by atoms with van der Waals surface area (Å²) in [4.78, 5) is 5.79. The van der Waals surface area contributed by atoms with Crippen LogP contribution >= 0.6 is 0 Å². The average Bonchev–Trinajstić information content (AvgIpc) is 3.42. The molecule has 5 aliphatic rings. The summed E-state index contributed by atoms with van der Waals surface area (Å²) in [6.45, 7) is 2.23. The minimum Gasteiger partial charge on any atom is -0.493 e. The summed E-state index contributed by atoms with van der Waals surface area (Å²) in [6, 6.07) is 7.34. The van der Waals surface area contributed by atoms with Gasteiger partial charge >= 0.3 is 0 Å². The van der Waals surface area contributed by atoms with Crippen LogP contribution in [-0.4, -0.2) is 85.6 Å². The number of hydrogen-bond donors (Lipinski definition) is 4. The Balaban J connectivity index is 1.31. The van der Waals surface area contributed by atoms with Gasteiger partial charge in [0.25, 0.3) is 0 Å². The number of likely N-dealkylation sites (N-methyl/N-ethyl adjacent to an activating group) is 1. The number of benzene rings is 1. The van der Waals surface area contributed by atoms with Crippen LogP contribution in [0.15, 0.2) is 48.2 Å². The van der Waals surface area contributed by atoms with E-state index < -0.39 is 41.2 Å². The molecule has 3 unspecified atom stereocenters. The number of hydrogen-bond acceptors (Lipinski definition) is 7. The highest BCUT2D eigenvalue weighted by molar-refractivity contribution is 5.87. The molecule has 3 aliphatic carbocycles. The lowest BCUT2D eigenvalue weighted by Crippen LogP contribution is -2.78. The fourth-order valence-electron chi connectivity index (χ4n) is 8.83. The molecule has 2 aromatic rings. The van der Waals surface area contributed by atoms with E-state index in [2.05, 4.69) is 30.1 Å². The molecule has 1 aromatic carbocycles. The predicted octanol–water partition coefficient (Wildman–Crippen LogP) is 3.11. The van der Waals surface area contributed by atoms with E-state index in [4.69, 9.17) is 4.74 Å². The van der Waals surface area contributed by atoms with Crippen molar-refractivity contribution in [2.75, 3.05) is 14.1 Å². The second kappa shape index (κ2) is 7.64. The Bertz CT molecular complexity index is 1410. The van der Waals surface area contributed by atoms with Crippen LogP contribution in [0.5, 0.6) is 5.88 Å². The van der Waals surface area contributed by atoms with Gasteiger partial charge in [-0.1, -0.05) is 31.2 Å². The quantitative estimate of drug-likeness (QED) is 0.449. The number of allylic oxidation sites excluding steroid dienone is 3. The highest BCUT2D eigenvalue weighted by atomic mass is 19.1. The first kappa shape index (κ1) is 24.7. The Kier molecular flexibility index (Phi) is 4.96. The number of ether oxygens (including phenoxy) is 1. The number of aliphatic hydroxyl groups is 3. The molecule has 4 N–H and O–H groups in total. The van der Waals surface area contributed by atoms with E-state index in [9.17, 15) is 20.4 Å². The molecule has 3 heterocycles. The number of halogens is 1. The number of fused-ring (bicyclic) bond motifs is 2. The Morgan fingerprint density at radius 1 is 1.08 bits per heavy atom. The molecule has 1 aromatic heterocycles. The number of alkyl halides is 1. The summed E-state index contributed by atoms with van der Waals surface area (Å²) in [7, 11) is 3.62. The molecule has 7 nitrogen and oxygen atoms in total. The molecule has 8 heteroatoms. The van der Waals surface area contributed by atoms with Crippen LogP contribution in [-0.2, 0) is 4.74 Å². The van der Waals surface area contributed by atoms with Gasteiger partial charge < -0.3 is 30.1 Å². The van der Waals surface area contributed by atoms with Crippen molar-refractivity contribution in [3.63, 3.8) is 0 Å². The van der Waals surface area contributed by atoms with E-state index in [1.165, 1.54) is 5.57 Å². The van der Waals surface area contributed by atoms with Gasteiger partial charge in [0.15, 0.2) is 5.67 Å². The standard InChI is InChI=1S/C30H35FN2O5/c1-27-9-8-20-25(36)30(31)26(37)24(35)21(33(2)3)14-28(30)10-11-29(20,38-28)22(27)7-6-19(27)16-4-5-17-15-32-23(34)13-18(17)12-16/h4-6,8,12-13,15,21-22,24-26,35-37H,7,9-11,14H2,1-3H3,(H,32,34)/t21-,22?,24+,25?,26-,27+,28+,29+,30?/m0/s1. The smallest absolute Gasteiger partial charge is 0.211 e. The van der Waals surface area contributed by atoms with E-state index in [0.717, 1.165) is 22.8 Å². The molecule has 2 saturated heterocycles. The van der Waals surface area contributed by atoms with E-state index in [1.807, 2.05) is 31.1 Å². The zero-order chi connectivity index (χ0) is 26.8. The van der Waals surface area contributed by atoms with Crippen LogP contribution in [0, 0.1) is 11.3 Å². The zero-order valence-electron chi connectivity index (χ0n) is 21.9. The fourth-order valence-corrected chi connectivity index (χ4v) is 8.83. The highest BCUT2D eigenvalue weighted by Crippen LogP contribution is 2.70. The van der Waals surface area contributed by atoms with Gasteiger partial charge in [0, 0.05) is 35.0 Å². The van der Waals surface area contributed by atoms with Crippen molar-refractivity contribution >= 4 is 16.3 Å². The van der Waals surface area contributed by atoms with Crippen LogP contribution in [0.2, 0.25) is 0 Å². The van der Waals surface area contributed by atoms with E-state index in [0.29, 0.717) is 24.8 Å². The van der Waals surface area contributed by atoms with Gasteiger partial charge in [0.05, 0.1) is 11.7 Å². The molecule has 1 saturated carbocycles. The first-order valence-corrected chi connectivity index (χ1v) is 13.6. The maximum atomic E-state index is 17.0. The van der Waals surface area contributed by atoms with Gasteiger partial charge in [0.2, 0.25) is 5.88 Å². The van der Waals surface area contributed by atoms with Crippen molar-refractivity contribution in [3.8, 4) is 5.88 Å². The van der Waals surface area contributed by atoms with Gasteiger partial charge in [-0.25, -0.2) is 9.37 Å². The second-order valence-corrected chi connectivity index (χ2v) is 12.6. The zero-order valence-corrected chi connectivity index (χ0v) is 21.9. The van der Waals surface area contributed by atoms with Crippen molar-refractivity contribution in [2.45, 2.75) is 80.3 Å². The Labute approximate surface area is 221 Å². The second-order valence-electron chi connectivity index (χ2n) is 12.6. The van der Waals surface area contributed by atoms with Gasteiger partial charge in [-0.05, 0) is 74.4 Å². The number of aliphatic hydroxyl groups excluding tert-OH is 3. The summed E-state index contributed by atoms with van der Waals surface area (Å²) in [5.74, 6) is -0.0263. The van der Waals surface area contributed by atoms with Gasteiger partial charge in [-0.3, -0.25) is 0 Å². The van der Waals surface area contributed by atoms with Crippen LogP contribution < -0.4 is 0 Å². The number of nitrogens with zero attached hydrogens (tertiary/aromatic N) is 2. The largest absolute Gasteiger partial charge is 0.493 e. The summed E-state index contributed by atoms with van der Waals surface area (Å²) < 4.78 is 23.9. The minimum absolute atomic E-state index is 0.00749. The Morgan fingerprint density at radius 3 is 2.63 bits per heavy atom. The number of pyridine rings is 1. The first-order valence-electron chi connectivity index (χ1n) is 13.6. The molecule has 2 spiro atoms. The van der Waals surface area contributed by atoms with Gasteiger partial charge in [0.1, 0.15) is 17.8 Å². The number of aromatic hydroxyl groups is 1. The third kappa shape index (κ3) is 2.78. The minimum atomic E-state index is -2.48. The third-order valence-electron chi connectivity index (χ3n) is 10.8. The summed E-state index contributed by atoms with van der Waals surface area (Å²) in [5, 5.41) is 45.3. The average molecular weight is 523 g/mol. The van der Waals surface area contributed by atoms with Crippen LogP contribution in [0.1, 0.15) is 44.6 Å². The lowest BCUT2D eigenvalue weighted by molar-refractivity contribution is -0.308. The van der Waals surface area contributed by atoms with Crippen molar-refractivity contribution in [3.05, 3.63) is 53.8 Å². The lowest BCUT2D eigenvalue weighted by Gasteiger charge is -2.62. The highest BCUT2D eigenvalue weighted by Gasteiger charge is 2.79. The van der Waals surface area contributed by atoms with Gasteiger partial charge in [-0.15, -0.1) is 0 Å². The van der Waals surface area contributed by atoms with Crippen molar-refractivity contribution in [1.82, 2.24) is 9.88 Å².